The molecule has 0 aliphatic carbocycles. The van der Waals surface area contributed by atoms with Crippen LogP contribution in [0, 0.1) is 5.92 Å². The maximum Gasteiger partial charge on any atom is 0.0712 e. The highest BCUT2D eigenvalue weighted by Gasteiger charge is 2.14. The van der Waals surface area contributed by atoms with E-state index in [2.05, 4.69) is 35.6 Å². The number of fused-ring (bicyclic) bond motifs is 1. The maximum atomic E-state index is 6.03. The molecule has 4 rings (SSSR count). The van der Waals surface area contributed by atoms with Crippen molar-refractivity contribution in [2.75, 3.05) is 13.1 Å². The summed E-state index contributed by atoms with van der Waals surface area (Å²) in [5.74, 6) is 0.791. The summed E-state index contributed by atoms with van der Waals surface area (Å²) in [4.78, 5) is 4.88. The molecule has 0 saturated carbocycles. The molecule has 0 radical (unpaired) electrons. The van der Waals surface area contributed by atoms with Crippen molar-refractivity contribution in [1.29, 1.82) is 0 Å². The van der Waals surface area contributed by atoms with Crippen LogP contribution in [0.5, 0.6) is 0 Å². The van der Waals surface area contributed by atoms with Gasteiger partial charge in [-0.3, -0.25) is 0 Å². The average molecular weight is 387 g/mol. The lowest BCUT2D eigenvalue weighted by molar-refractivity contribution is 0.358. The number of para-hydroxylation sites is 1. The Kier molecular flexibility index (Phi) is 6.53. The molecule has 0 amide bonds. The second kappa shape index (κ2) is 8.85. The van der Waals surface area contributed by atoms with Gasteiger partial charge in [-0.2, -0.15) is 0 Å². The largest absolute Gasteiger partial charge is 0.316 e. The molecule has 1 saturated heterocycles. The van der Waals surface area contributed by atoms with E-state index in [0.717, 1.165) is 40.7 Å². The first-order valence-corrected chi connectivity index (χ1v) is 9.53. The fourth-order valence-electron chi connectivity index (χ4n) is 3.75. The molecule has 136 valence electrons. The third-order valence-corrected chi connectivity index (χ3v) is 5.41. The molecule has 1 unspecified atom stereocenters. The van der Waals surface area contributed by atoms with Gasteiger partial charge in [0.05, 0.1) is 11.2 Å². The Bertz CT molecular complexity index is 856. The molecule has 1 N–H and O–H groups in total. The Balaban J connectivity index is 0.00000196. The van der Waals surface area contributed by atoms with Crippen molar-refractivity contribution in [2.24, 2.45) is 5.92 Å². The first-order valence-electron chi connectivity index (χ1n) is 9.15. The number of hydrogen-bond donors (Lipinski definition) is 1. The molecule has 1 aliphatic heterocycles. The summed E-state index contributed by atoms with van der Waals surface area (Å²) < 4.78 is 0. The van der Waals surface area contributed by atoms with E-state index < -0.39 is 0 Å². The molecule has 1 aliphatic rings. The van der Waals surface area contributed by atoms with Crippen molar-refractivity contribution >= 4 is 34.9 Å². The van der Waals surface area contributed by atoms with Gasteiger partial charge in [-0.05, 0) is 74.5 Å². The lowest BCUT2D eigenvalue weighted by Gasteiger charge is -2.23. The van der Waals surface area contributed by atoms with Gasteiger partial charge in [0.1, 0.15) is 0 Å². The fraction of sp³-hybridized carbons (Fsp3) is 0.318. The average Bonchev–Trinajstić information content (AvgIpc) is 2.67. The SMILES string of the molecule is Cl.Clc1ccc(-c2cc(CCC3CCCNC3)c3ccccc3n2)cc1. The zero-order chi connectivity index (χ0) is 17.1. The normalized spacial score (nSPS) is 17.0. The maximum absolute atomic E-state index is 6.03. The molecule has 26 heavy (non-hydrogen) atoms. The zero-order valence-electron chi connectivity index (χ0n) is 14.7. The van der Waals surface area contributed by atoms with Crippen LogP contribution in [0.4, 0.5) is 0 Å². The van der Waals surface area contributed by atoms with E-state index >= 15 is 0 Å². The predicted molar refractivity (Wildman–Crippen MR) is 113 cm³/mol. The Hall–Kier alpha value is -1.61. The van der Waals surface area contributed by atoms with Crippen molar-refractivity contribution in [3.8, 4) is 11.3 Å². The molecule has 2 nitrogen and oxygen atoms in total. The van der Waals surface area contributed by atoms with Crippen LogP contribution in [-0.2, 0) is 6.42 Å². The van der Waals surface area contributed by atoms with Crippen molar-refractivity contribution in [2.45, 2.75) is 25.7 Å². The molecule has 1 fully saturated rings. The molecule has 4 heteroatoms. The van der Waals surface area contributed by atoms with Crippen LogP contribution in [0.25, 0.3) is 22.2 Å². The number of aryl methyl sites for hydroxylation is 1. The highest BCUT2D eigenvalue weighted by atomic mass is 35.5. The molecular weight excluding hydrogens is 363 g/mol. The Morgan fingerprint density at radius 1 is 1.08 bits per heavy atom. The van der Waals surface area contributed by atoms with E-state index in [1.165, 1.54) is 36.8 Å². The molecular formula is C22H24Cl2N2. The quantitative estimate of drug-likeness (QED) is 0.602. The number of nitrogens with one attached hydrogen (secondary N) is 1. The number of nitrogens with zero attached hydrogens (tertiary/aromatic N) is 1. The first-order chi connectivity index (χ1) is 12.3. The van der Waals surface area contributed by atoms with Crippen LogP contribution in [0.2, 0.25) is 5.02 Å². The van der Waals surface area contributed by atoms with Crippen molar-refractivity contribution < 1.29 is 0 Å². The second-order valence-corrected chi connectivity index (χ2v) is 7.38. The van der Waals surface area contributed by atoms with E-state index in [1.807, 2.05) is 24.3 Å². The Morgan fingerprint density at radius 2 is 1.88 bits per heavy atom. The van der Waals surface area contributed by atoms with Gasteiger partial charge >= 0.3 is 0 Å². The van der Waals surface area contributed by atoms with Crippen LogP contribution in [-0.4, -0.2) is 18.1 Å². The van der Waals surface area contributed by atoms with Crippen LogP contribution < -0.4 is 5.32 Å². The lowest BCUT2D eigenvalue weighted by atomic mass is 9.91. The molecule has 0 bridgehead atoms. The smallest absolute Gasteiger partial charge is 0.0712 e. The second-order valence-electron chi connectivity index (χ2n) is 6.94. The van der Waals surface area contributed by atoms with Gasteiger partial charge < -0.3 is 5.32 Å². The molecule has 3 aromatic rings. The molecule has 1 atom stereocenters. The highest BCUT2D eigenvalue weighted by Crippen LogP contribution is 2.28. The number of hydrogen-bond acceptors (Lipinski definition) is 2. The molecule has 1 aromatic heterocycles. The van der Waals surface area contributed by atoms with Crippen molar-refractivity contribution in [1.82, 2.24) is 10.3 Å². The van der Waals surface area contributed by atoms with Gasteiger partial charge in [0.2, 0.25) is 0 Å². The summed E-state index contributed by atoms with van der Waals surface area (Å²) in [5.41, 5.74) is 4.63. The minimum Gasteiger partial charge on any atom is -0.316 e. The zero-order valence-corrected chi connectivity index (χ0v) is 16.3. The minimum atomic E-state index is 0. The summed E-state index contributed by atoms with van der Waals surface area (Å²) in [7, 11) is 0. The van der Waals surface area contributed by atoms with E-state index in [1.54, 1.807) is 0 Å². The van der Waals surface area contributed by atoms with Gasteiger partial charge in [0, 0.05) is 16.0 Å². The summed E-state index contributed by atoms with van der Waals surface area (Å²) in [6.45, 7) is 2.34. The topological polar surface area (TPSA) is 24.9 Å². The number of aromatic nitrogens is 1. The van der Waals surface area contributed by atoms with Gasteiger partial charge in [-0.25, -0.2) is 4.98 Å². The van der Waals surface area contributed by atoms with Crippen LogP contribution in [0.3, 0.4) is 0 Å². The molecule has 0 spiro atoms. The van der Waals surface area contributed by atoms with E-state index in [4.69, 9.17) is 16.6 Å². The van der Waals surface area contributed by atoms with Gasteiger partial charge in [-0.15, -0.1) is 12.4 Å². The number of benzene rings is 2. The number of halogens is 2. The van der Waals surface area contributed by atoms with Gasteiger partial charge in [0.15, 0.2) is 0 Å². The van der Waals surface area contributed by atoms with E-state index in [9.17, 15) is 0 Å². The number of rotatable bonds is 4. The van der Waals surface area contributed by atoms with Crippen LogP contribution in [0.1, 0.15) is 24.8 Å². The summed E-state index contributed by atoms with van der Waals surface area (Å²) in [6.07, 6.45) is 4.99. The summed E-state index contributed by atoms with van der Waals surface area (Å²) in [6, 6.07) is 18.7. The third kappa shape index (κ3) is 4.37. The minimum absolute atomic E-state index is 0. The lowest BCUT2D eigenvalue weighted by Crippen LogP contribution is -2.29. The van der Waals surface area contributed by atoms with Crippen molar-refractivity contribution in [3.63, 3.8) is 0 Å². The third-order valence-electron chi connectivity index (χ3n) is 5.16. The van der Waals surface area contributed by atoms with Crippen molar-refractivity contribution in [3.05, 3.63) is 65.2 Å². The van der Waals surface area contributed by atoms with Crippen LogP contribution in [0.15, 0.2) is 54.6 Å². The molecule has 2 heterocycles. The Morgan fingerprint density at radius 3 is 2.65 bits per heavy atom. The van der Waals surface area contributed by atoms with Gasteiger partial charge in [0.25, 0.3) is 0 Å². The predicted octanol–water partition coefficient (Wildman–Crippen LogP) is 5.91. The number of piperidine rings is 1. The fourth-order valence-corrected chi connectivity index (χ4v) is 3.88. The summed E-state index contributed by atoms with van der Waals surface area (Å²) in [5, 5.41) is 5.57. The Labute approximate surface area is 166 Å². The summed E-state index contributed by atoms with van der Waals surface area (Å²) >= 11 is 6.03. The van der Waals surface area contributed by atoms with E-state index in [-0.39, 0.29) is 12.4 Å². The van der Waals surface area contributed by atoms with E-state index in [0.29, 0.717) is 0 Å². The highest BCUT2D eigenvalue weighted by molar-refractivity contribution is 6.30. The standard InChI is InChI=1S/C22H23ClN2.ClH/c23-19-11-9-17(10-12-19)22-14-18(8-7-16-4-3-13-24-15-16)20-5-1-2-6-21(20)25-22;/h1-2,5-6,9-12,14,16,24H,3-4,7-8,13,15H2;1H. The first kappa shape index (κ1) is 19.2. The van der Waals surface area contributed by atoms with Crippen LogP contribution >= 0.6 is 24.0 Å². The molecule has 2 aromatic carbocycles. The van der Waals surface area contributed by atoms with Gasteiger partial charge in [-0.1, -0.05) is 41.9 Å². The monoisotopic (exact) mass is 386 g/mol. The number of pyridine rings is 1.